The first-order valence-electron chi connectivity index (χ1n) is 10.4. The van der Waals surface area contributed by atoms with Crippen LogP contribution in [0.2, 0.25) is 0 Å². The molecule has 0 aliphatic carbocycles. The van der Waals surface area contributed by atoms with Crippen LogP contribution in [0.1, 0.15) is 12.5 Å². The second-order valence-corrected chi connectivity index (χ2v) is 7.85. The van der Waals surface area contributed by atoms with Crippen LogP contribution in [0.4, 0.5) is 10.1 Å². The van der Waals surface area contributed by atoms with E-state index >= 15 is 0 Å². The first kappa shape index (κ1) is 20.5. The van der Waals surface area contributed by atoms with Gasteiger partial charge in [0.1, 0.15) is 19.0 Å². The molecule has 160 valence electrons. The largest absolute Gasteiger partial charge is 0.486 e. The second-order valence-electron chi connectivity index (χ2n) is 7.85. The zero-order chi connectivity index (χ0) is 21.1. The molecule has 1 atom stereocenters. The Kier molecular flexibility index (Phi) is 6.08. The Hall–Kier alpha value is -2.80. The molecule has 0 spiro atoms. The highest BCUT2D eigenvalue weighted by molar-refractivity contribution is 5.81. The van der Waals surface area contributed by atoms with Gasteiger partial charge in [-0.25, -0.2) is 4.39 Å². The van der Waals surface area contributed by atoms with Crippen molar-refractivity contribution in [3.05, 3.63) is 53.8 Å². The van der Waals surface area contributed by atoms with E-state index in [1.807, 2.05) is 32.2 Å². The molecule has 0 N–H and O–H groups in total. The highest BCUT2D eigenvalue weighted by atomic mass is 19.1. The van der Waals surface area contributed by atoms with Crippen molar-refractivity contribution in [3.63, 3.8) is 0 Å². The molecule has 2 heterocycles. The standard InChI is InChI=1S/C23H28FN3O3/c1-17(26-9-11-27(12-10-26)20-6-4-19(24)5-7-20)23(28)25(2)16-18-3-8-21-22(15-18)30-14-13-29-21/h3-8,15,17H,9-14,16H2,1-2H3. The maximum Gasteiger partial charge on any atom is 0.239 e. The van der Waals surface area contributed by atoms with Crippen LogP contribution in [-0.2, 0) is 11.3 Å². The zero-order valence-corrected chi connectivity index (χ0v) is 17.5. The molecule has 7 heteroatoms. The van der Waals surface area contributed by atoms with Gasteiger partial charge < -0.3 is 19.3 Å². The molecule has 6 nitrogen and oxygen atoms in total. The van der Waals surface area contributed by atoms with Gasteiger partial charge in [0.05, 0.1) is 6.04 Å². The second kappa shape index (κ2) is 8.92. The highest BCUT2D eigenvalue weighted by Crippen LogP contribution is 2.31. The summed E-state index contributed by atoms with van der Waals surface area (Å²) in [5.41, 5.74) is 2.04. The molecule has 0 aromatic heterocycles. The van der Waals surface area contributed by atoms with Gasteiger partial charge in [0.15, 0.2) is 11.5 Å². The fraction of sp³-hybridized carbons (Fsp3) is 0.435. The third-order valence-electron chi connectivity index (χ3n) is 5.81. The minimum atomic E-state index is -0.224. The topological polar surface area (TPSA) is 45.3 Å². The Morgan fingerprint density at radius 2 is 1.70 bits per heavy atom. The van der Waals surface area contributed by atoms with E-state index in [1.54, 1.807) is 17.0 Å². The van der Waals surface area contributed by atoms with Crippen molar-refractivity contribution in [1.29, 1.82) is 0 Å². The molecular formula is C23H28FN3O3. The minimum absolute atomic E-state index is 0.0973. The number of ether oxygens (including phenoxy) is 2. The molecule has 2 aromatic rings. The van der Waals surface area contributed by atoms with Gasteiger partial charge in [-0.3, -0.25) is 9.69 Å². The Bertz CT molecular complexity index is 882. The number of fused-ring (bicyclic) bond motifs is 1. The van der Waals surface area contributed by atoms with Crippen LogP contribution in [0, 0.1) is 5.82 Å². The van der Waals surface area contributed by atoms with Crippen LogP contribution < -0.4 is 14.4 Å². The number of piperazine rings is 1. The molecule has 30 heavy (non-hydrogen) atoms. The summed E-state index contributed by atoms with van der Waals surface area (Å²) in [6.45, 7) is 6.82. The molecule has 1 amide bonds. The summed E-state index contributed by atoms with van der Waals surface area (Å²) < 4.78 is 24.3. The lowest BCUT2D eigenvalue weighted by Crippen LogP contribution is -2.54. The van der Waals surface area contributed by atoms with E-state index in [1.165, 1.54) is 12.1 Å². The number of halogens is 1. The van der Waals surface area contributed by atoms with Gasteiger partial charge in [-0.2, -0.15) is 0 Å². The molecule has 1 unspecified atom stereocenters. The molecule has 1 saturated heterocycles. The predicted octanol–water partition coefficient (Wildman–Crippen LogP) is 2.77. The van der Waals surface area contributed by atoms with Gasteiger partial charge in [-0.15, -0.1) is 0 Å². The first-order valence-corrected chi connectivity index (χ1v) is 10.4. The van der Waals surface area contributed by atoms with Crippen LogP contribution in [0.15, 0.2) is 42.5 Å². The van der Waals surface area contributed by atoms with Gasteiger partial charge in [0.2, 0.25) is 5.91 Å². The van der Waals surface area contributed by atoms with E-state index in [4.69, 9.17) is 9.47 Å². The highest BCUT2D eigenvalue weighted by Gasteiger charge is 2.28. The number of anilines is 1. The number of hydrogen-bond acceptors (Lipinski definition) is 5. The van der Waals surface area contributed by atoms with E-state index in [2.05, 4.69) is 9.80 Å². The smallest absolute Gasteiger partial charge is 0.239 e. The summed E-state index contributed by atoms with van der Waals surface area (Å²) in [5.74, 6) is 1.37. The normalized spacial score (nSPS) is 17.5. The average Bonchev–Trinajstić information content (AvgIpc) is 2.78. The van der Waals surface area contributed by atoms with E-state index in [0.717, 1.165) is 48.9 Å². The van der Waals surface area contributed by atoms with Gasteiger partial charge in [0.25, 0.3) is 0 Å². The predicted molar refractivity (Wildman–Crippen MR) is 114 cm³/mol. The maximum atomic E-state index is 13.1. The third-order valence-corrected chi connectivity index (χ3v) is 5.81. The molecule has 1 fully saturated rings. The number of nitrogens with zero attached hydrogens (tertiary/aromatic N) is 3. The van der Waals surface area contributed by atoms with Crippen molar-refractivity contribution in [3.8, 4) is 11.5 Å². The molecule has 2 aromatic carbocycles. The molecule has 0 bridgehead atoms. The fourth-order valence-corrected chi connectivity index (χ4v) is 4.03. The van der Waals surface area contributed by atoms with Crippen molar-refractivity contribution in [2.45, 2.75) is 19.5 Å². The number of hydrogen-bond donors (Lipinski definition) is 0. The Balaban J connectivity index is 1.31. The summed E-state index contributed by atoms with van der Waals surface area (Å²) in [5, 5.41) is 0. The number of likely N-dealkylation sites (N-methyl/N-ethyl adjacent to an activating group) is 1. The number of benzene rings is 2. The van der Waals surface area contributed by atoms with Crippen LogP contribution >= 0.6 is 0 Å². The van der Waals surface area contributed by atoms with E-state index in [-0.39, 0.29) is 17.8 Å². The Labute approximate surface area is 176 Å². The van der Waals surface area contributed by atoms with Crippen LogP contribution in [-0.4, -0.2) is 68.2 Å². The van der Waals surface area contributed by atoms with Crippen molar-refractivity contribution < 1.29 is 18.7 Å². The summed E-state index contributed by atoms with van der Waals surface area (Å²) in [7, 11) is 1.84. The average molecular weight is 413 g/mol. The van der Waals surface area contributed by atoms with Crippen LogP contribution in [0.5, 0.6) is 11.5 Å². The fourth-order valence-electron chi connectivity index (χ4n) is 4.03. The Morgan fingerprint density at radius 1 is 1.03 bits per heavy atom. The van der Waals surface area contributed by atoms with E-state index in [9.17, 15) is 9.18 Å². The zero-order valence-electron chi connectivity index (χ0n) is 17.5. The first-order chi connectivity index (χ1) is 14.5. The van der Waals surface area contributed by atoms with Crippen molar-refractivity contribution in [1.82, 2.24) is 9.80 Å². The van der Waals surface area contributed by atoms with E-state index in [0.29, 0.717) is 19.8 Å². The molecule has 2 aliphatic heterocycles. The lowest BCUT2D eigenvalue weighted by molar-refractivity contribution is -0.135. The monoisotopic (exact) mass is 413 g/mol. The summed E-state index contributed by atoms with van der Waals surface area (Å²) in [6.07, 6.45) is 0. The molecule has 2 aliphatic rings. The number of rotatable bonds is 5. The lowest BCUT2D eigenvalue weighted by atomic mass is 10.1. The molecule has 0 saturated carbocycles. The van der Waals surface area contributed by atoms with E-state index < -0.39 is 0 Å². The number of carbonyl (C=O) groups excluding carboxylic acids is 1. The van der Waals surface area contributed by atoms with Gasteiger partial charge in [0, 0.05) is 45.5 Å². The summed E-state index contributed by atoms with van der Waals surface area (Å²) in [4.78, 5) is 19.2. The van der Waals surface area contributed by atoms with Gasteiger partial charge in [-0.1, -0.05) is 6.07 Å². The van der Waals surface area contributed by atoms with Crippen molar-refractivity contribution >= 4 is 11.6 Å². The quantitative estimate of drug-likeness (QED) is 0.754. The number of amides is 1. The SMILES string of the molecule is CC(C(=O)N(C)Cc1ccc2c(c1)OCCO2)N1CCN(c2ccc(F)cc2)CC1. The van der Waals surface area contributed by atoms with Crippen molar-refractivity contribution in [2.24, 2.45) is 0 Å². The van der Waals surface area contributed by atoms with Crippen LogP contribution in [0.25, 0.3) is 0 Å². The minimum Gasteiger partial charge on any atom is -0.486 e. The third kappa shape index (κ3) is 4.51. The lowest BCUT2D eigenvalue weighted by Gasteiger charge is -2.39. The van der Waals surface area contributed by atoms with Gasteiger partial charge >= 0.3 is 0 Å². The molecular weight excluding hydrogens is 385 g/mol. The van der Waals surface area contributed by atoms with Crippen LogP contribution in [0.3, 0.4) is 0 Å². The molecule has 0 radical (unpaired) electrons. The summed E-state index contributed by atoms with van der Waals surface area (Å²) >= 11 is 0. The maximum absolute atomic E-state index is 13.1. The van der Waals surface area contributed by atoms with Gasteiger partial charge in [-0.05, 0) is 48.9 Å². The Morgan fingerprint density at radius 3 is 2.40 bits per heavy atom. The van der Waals surface area contributed by atoms with Crippen molar-refractivity contribution in [2.75, 3.05) is 51.3 Å². The number of carbonyl (C=O) groups is 1. The summed E-state index contributed by atoms with van der Waals surface area (Å²) in [6, 6.07) is 12.2. The molecule has 4 rings (SSSR count).